The summed E-state index contributed by atoms with van der Waals surface area (Å²) in [5, 5.41) is 7.61. The SMILES string of the molecule is C/C=C(\C=C/COC)CCCc1nc(N)nn1/C(=C/CC)NC(C)=NC. The molecule has 0 atom stereocenters. The zero-order chi connectivity index (χ0) is 19.4. The molecule has 7 nitrogen and oxygen atoms in total. The maximum absolute atomic E-state index is 5.85. The minimum absolute atomic E-state index is 0.279. The monoisotopic (exact) mass is 360 g/mol. The van der Waals surface area contributed by atoms with Crippen LogP contribution in [0.3, 0.4) is 0 Å². The standard InChI is InChI=1S/C19H32N6O/c1-6-10-17(22-15(3)21-4)25-18(23-19(20)24-25)13-8-11-16(7-2)12-9-14-26-5/h7,9-10,12H,6,8,11,13-14H2,1-5H3,(H2,20,24)(H,21,22)/b12-9-,16-7-,17-10+. The van der Waals surface area contributed by atoms with E-state index in [2.05, 4.69) is 45.5 Å². The first kappa shape index (κ1) is 21.6. The fraction of sp³-hybridized carbons (Fsp3) is 0.526. The van der Waals surface area contributed by atoms with Gasteiger partial charge in [-0.1, -0.05) is 30.7 Å². The van der Waals surface area contributed by atoms with E-state index in [1.165, 1.54) is 5.57 Å². The van der Waals surface area contributed by atoms with Gasteiger partial charge in [-0.05, 0) is 39.2 Å². The molecular formula is C19H32N6O. The first-order chi connectivity index (χ1) is 12.5. The number of aromatic nitrogens is 3. The van der Waals surface area contributed by atoms with Gasteiger partial charge in [0.25, 0.3) is 0 Å². The second-order valence-corrected chi connectivity index (χ2v) is 5.80. The lowest BCUT2D eigenvalue weighted by Gasteiger charge is -2.12. The van der Waals surface area contributed by atoms with E-state index in [1.807, 2.05) is 19.9 Å². The third kappa shape index (κ3) is 7.23. The van der Waals surface area contributed by atoms with Crippen molar-refractivity contribution >= 4 is 17.6 Å². The number of hydrogen-bond donors (Lipinski definition) is 2. The molecule has 1 heterocycles. The van der Waals surface area contributed by atoms with Crippen molar-refractivity contribution in [3.8, 4) is 0 Å². The number of nitrogens with zero attached hydrogens (tertiary/aromatic N) is 4. The van der Waals surface area contributed by atoms with Crippen LogP contribution in [0.2, 0.25) is 0 Å². The Morgan fingerprint density at radius 3 is 2.81 bits per heavy atom. The molecule has 0 saturated heterocycles. The van der Waals surface area contributed by atoms with Gasteiger partial charge in [0, 0.05) is 20.6 Å². The van der Waals surface area contributed by atoms with E-state index >= 15 is 0 Å². The quantitative estimate of drug-likeness (QED) is 0.380. The maximum atomic E-state index is 5.85. The lowest BCUT2D eigenvalue weighted by atomic mass is 10.1. The van der Waals surface area contributed by atoms with Crippen molar-refractivity contribution < 1.29 is 4.74 Å². The molecular weight excluding hydrogens is 328 g/mol. The van der Waals surface area contributed by atoms with Gasteiger partial charge in [0.1, 0.15) is 11.6 Å². The van der Waals surface area contributed by atoms with Gasteiger partial charge in [-0.3, -0.25) is 4.99 Å². The Hall–Kier alpha value is -2.41. The molecule has 0 aliphatic heterocycles. The summed E-state index contributed by atoms with van der Waals surface area (Å²) in [6, 6.07) is 0. The molecule has 0 unspecified atom stereocenters. The molecule has 3 N–H and O–H groups in total. The average molecular weight is 361 g/mol. The number of nitrogens with two attached hydrogens (primary N) is 1. The molecule has 26 heavy (non-hydrogen) atoms. The molecule has 0 saturated carbocycles. The smallest absolute Gasteiger partial charge is 0.240 e. The summed E-state index contributed by atoms with van der Waals surface area (Å²) in [6.45, 7) is 6.65. The molecule has 7 heteroatoms. The Bertz CT molecular complexity index is 670. The van der Waals surface area contributed by atoms with E-state index < -0.39 is 0 Å². The second kappa shape index (κ2) is 12.0. The van der Waals surface area contributed by atoms with Crippen molar-refractivity contribution in [2.75, 3.05) is 26.5 Å². The third-order valence-electron chi connectivity index (χ3n) is 3.79. The van der Waals surface area contributed by atoms with E-state index in [1.54, 1.807) is 18.8 Å². The number of aliphatic imine (C=N–C) groups is 1. The summed E-state index contributed by atoms with van der Waals surface area (Å²) >= 11 is 0. The van der Waals surface area contributed by atoms with Gasteiger partial charge in [0.15, 0.2) is 0 Å². The summed E-state index contributed by atoms with van der Waals surface area (Å²) in [6.07, 6.45) is 11.9. The Balaban J connectivity index is 2.83. The molecule has 1 aromatic heterocycles. The molecule has 0 aromatic carbocycles. The van der Waals surface area contributed by atoms with Crippen molar-refractivity contribution in [1.29, 1.82) is 0 Å². The van der Waals surface area contributed by atoms with Crippen LogP contribution < -0.4 is 11.1 Å². The van der Waals surface area contributed by atoms with E-state index in [9.17, 15) is 0 Å². The van der Waals surface area contributed by atoms with Crippen LogP contribution in [0.25, 0.3) is 5.82 Å². The topological polar surface area (TPSA) is 90.4 Å². The predicted molar refractivity (Wildman–Crippen MR) is 109 cm³/mol. The van der Waals surface area contributed by atoms with Crippen LogP contribution in [0, 0.1) is 0 Å². The van der Waals surface area contributed by atoms with Gasteiger partial charge in [0.05, 0.1) is 12.4 Å². The molecule has 1 rings (SSSR count). The second-order valence-electron chi connectivity index (χ2n) is 5.80. The fourth-order valence-electron chi connectivity index (χ4n) is 2.41. The number of aryl methyl sites for hydroxylation is 1. The Labute approximate surface area is 156 Å². The number of amidine groups is 1. The molecule has 144 valence electrons. The Morgan fingerprint density at radius 2 is 2.19 bits per heavy atom. The minimum atomic E-state index is 0.279. The van der Waals surface area contributed by atoms with Crippen LogP contribution >= 0.6 is 0 Å². The first-order valence-electron chi connectivity index (χ1n) is 8.98. The highest BCUT2D eigenvalue weighted by Crippen LogP contribution is 2.14. The van der Waals surface area contributed by atoms with E-state index in [0.29, 0.717) is 6.61 Å². The van der Waals surface area contributed by atoms with Crippen LogP contribution in [0.1, 0.15) is 45.9 Å². The van der Waals surface area contributed by atoms with Gasteiger partial charge >= 0.3 is 0 Å². The number of allylic oxidation sites excluding steroid dienone is 4. The summed E-state index contributed by atoms with van der Waals surface area (Å²) < 4.78 is 6.83. The van der Waals surface area contributed by atoms with Crippen LogP contribution in [-0.4, -0.2) is 41.4 Å². The normalized spacial score (nSPS) is 13.7. The van der Waals surface area contributed by atoms with Crippen LogP contribution in [-0.2, 0) is 11.2 Å². The highest BCUT2D eigenvalue weighted by Gasteiger charge is 2.12. The minimum Gasteiger partial charge on any atom is -0.381 e. The molecule has 0 aliphatic carbocycles. The van der Waals surface area contributed by atoms with Crippen molar-refractivity contribution in [3.63, 3.8) is 0 Å². The van der Waals surface area contributed by atoms with E-state index in [0.717, 1.165) is 43.2 Å². The first-order valence-corrected chi connectivity index (χ1v) is 8.98. The van der Waals surface area contributed by atoms with Crippen molar-refractivity contribution in [3.05, 3.63) is 35.7 Å². The zero-order valence-corrected chi connectivity index (χ0v) is 16.6. The largest absolute Gasteiger partial charge is 0.381 e. The van der Waals surface area contributed by atoms with Gasteiger partial charge < -0.3 is 15.8 Å². The Kier molecular flexibility index (Phi) is 10.0. The number of rotatable bonds is 10. The summed E-state index contributed by atoms with van der Waals surface area (Å²) in [4.78, 5) is 8.55. The molecule has 0 radical (unpaired) electrons. The third-order valence-corrected chi connectivity index (χ3v) is 3.79. The number of hydrogen-bond acceptors (Lipinski definition) is 5. The number of nitrogen functional groups attached to an aromatic ring is 1. The molecule has 0 amide bonds. The highest BCUT2D eigenvalue weighted by atomic mass is 16.5. The number of anilines is 1. The summed E-state index contributed by atoms with van der Waals surface area (Å²) in [7, 11) is 3.44. The zero-order valence-electron chi connectivity index (χ0n) is 16.6. The van der Waals surface area contributed by atoms with E-state index in [-0.39, 0.29) is 5.95 Å². The van der Waals surface area contributed by atoms with Crippen molar-refractivity contribution in [2.24, 2.45) is 4.99 Å². The molecule has 0 spiro atoms. The lowest BCUT2D eigenvalue weighted by molar-refractivity contribution is 0.234. The van der Waals surface area contributed by atoms with Crippen LogP contribution in [0.4, 0.5) is 5.95 Å². The average Bonchev–Trinajstić information content (AvgIpc) is 3.00. The van der Waals surface area contributed by atoms with Crippen LogP contribution in [0.15, 0.2) is 34.9 Å². The van der Waals surface area contributed by atoms with Crippen molar-refractivity contribution in [1.82, 2.24) is 20.1 Å². The Morgan fingerprint density at radius 1 is 1.42 bits per heavy atom. The highest BCUT2D eigenvalue weighted by molar-refractivity contribution is 5.85. The summed E-state index contributed by atoms with van der Waals surface area (Å²) in [5.74, 6) is 2.77. The predicted octanol–water partition coefficient (Wildman–Crippen LogP) is 3.18. The molecule has 1 aromatic rings. The van der Waals surface area contributed by atoms with E-state index in [4.69, 9.17) is 10.5 Å². The van der Waals surface area contributed by atoms with Gasteiger partial charge in [-0.25, -0.2) is 0 Å². The summed E-state index contributed by atoms with van der Waals surface area (Å²) in [5.41, 5.74) is 7.13. The van der Waals surface area contributed by atoms with Gasteiger partial charge in [-0.2, -0.15) is 9.67 Å². The van der Waals surface area contributed by atoms with Crippen LogP contribution in [0.5, 0.6) is 0 Å². The molecule has 0 aliphatic rings. The maximum Gasteiger partial charge on any atom is 0.240 e. The molecule has 0 fully saturated rings. The number of ether oxygens (including phenoxy) is 1. The van der Waals surface area contributed by atoms with Crippen molar-refractivity contribution in [2.45, 2.75) is 46.5 Å². The van der Waals surface area contributed by atoms with Gasteiger partial charge in [0.2, 0.25) is 5.95 Å². The fourth-order valence-corrected chi connectivity index (χ4v) is 2.41. The lowest BCUT2D eigenvalue weighted by Crippen LogP contribution is -2.24. The number of nitrogens with one attached hydrogen (secondary N) is 1. The molecule has 0 bridgehead atoms. The number of methoxy groups -OCH3 is 1. The van der Waals surface area contributed by atoms with Gasteiger partial charge in [-0.15, -0.1) is 5.10 Å².